The molecule has 28 heavy (non-hydrogen) atoms. The number of aromatic nitrogens is 3. The third kappa shape index (κ3) is 2.55. The minimum atomic E-state index is 0.0402. The Bertz CT molecular complexity index is 896. The Labute approximate surface area is 167 Å². The third-order valence-electron chi connectivity index (χ3n) is 7.42. The molecule has 3 aliphatic rings. The number of hydrogen-bond acceptors (Lipinski definition) is 3. The molecule has 1 aliphatic heterocycles. The van der Waals surface area contributed by atoms with Crippen LogP contribution in [0.2, 0.25) is 0 Å². The lowest BCUT2D eigenvalue weighted by molar-refractivity contribution is -0.118. The maximum atomic E-state index is 12.7. The van der Waals surface area contributed by atoms with E-state index in [1.54, 1.807) is 6.92 Å². The van der Waals surface area contributed by atoms with E-state index in [2.05, 4.69) is 23.7 Å². The molecule has 2 heterocycles. The van der Waals surface area contributed by atoms with Gasteiger partial charge in [0.25, 0.3) is 0 Å². The van der Waals surface area contributed by atoms with Crippen molar-refractivity contribution < 1.29 is 4.79 Å². The number of carbonyl (C=O) groups is 1. The third-order valence-corrected chi connectivity index (χ3v) is 7.42. The number of hydrogen-bond donors (Lipinski definition) is 0. The summed E-state index contributed by atoms with van der Waals surface area (Å²) < 4.78 is 2.20. The van der Waals surface area contributed by atoms with E-state index in [4.69, 9.17) is 10.1 Å². The summed E-state index contributed by atoms with van der Waals surface area (Å²) in [5.74, 6) is 2.16. The first-order chi connectivity index (χ1) is 13.6. The van der Waals surface area contributed by atoms with Crippen LogP contribution in [0.1, 0.15) is 70.3 Å². The normalized spacial score (nSPS) is 26.0. The van der Waals surface area contributed by atoms with Crippen molar-refractivity contribution >= 4 is 11.9 Å². The highest BCUT2D eigenvalue weighted by Crippen LogP contribution is 2.53. The van der Waals surface area contributed by atoms with E-state index in [0.717, 1.165) is 23.8 Å². The summed E-state index contributed by atoms with van der Waals surface area (Å²) in [6.45, 7) is 3.80. The highest BCUT2D eigenvalue weighted by molar-refractivity contribution is 5.91. The van der Waals surface area contributed by atoms with Crippen LogP contribution in [-0.4, -0.2) is 26.7 Å². The molecule has 0 bridgehead atoms. The van der Waals surface area contributed by atoms with Crippen molar-refractivity contribution in [2.24, 2.45) is 5.92 Å². The molecule has 2 atom stereocenters. The average molecular weight is 379 g/mol. The zero-order chi connectivity index (χ0) is 19.3. The second kappa shape index (κ2) is 6.71. The Kier molecular flexibility index (Phi) is 4.29. The van der Waals surface area contributed by atoms with Crippen molar-refractivity contribution in [2.75, 3.05) is 4.90 Å². The number of nitrogens with zero attached hydrogens (tertiary/aromatic N) is 4. The highest BCUT2D eigenvalue weighted by atomic mass is 16.2. The predicted molar refractivity (Wildman–Crippen MR) is 110 cm³/mol. The van der Waals surface area contributed by atoms with E-state index in [1.165, 1.54) is 56.9 Å². The summed E-state index contributed by atoms with van der Waals surface area (Å²) in [5, 5.41) is 5.09. The summed E-state index contributed by atoms with van der Waals surface area (Å²) in [6.07, 6.45) is 10.9. The van der Waals surface area contributed by atoms with Crippen LogP contribution in [0.25, 0.3) is 11.4 Å². The van der Waals surface area contributed by atoms with Gasteiger partial charge < -0.3 is 0 Å². The summed E-state index contributed by atoms with van der Waals surface area (Å²) in [7, 11) is 0. The second-order valence-corrected chi connectivity index (χ2v) is 8.97. The molecule has 1 spiro atoms. The number of carbonyl (C=O) groups excluding carboxylic acids is 1. The number of amides is 1. The van der Waals surface area contributed by atoms with E-state index in [1.807, 2.05) is 17.0 Å². The molecule has 5 nitrogen and oxygen atoms in total. The second-order valence-electron chi connectivity index (χ2n) is 8.97. The van der Waals surface area contributed by atoms with Gasteiger partial charge in [-0.15, -0.1) is 5.10 Å². The number of aryl methyl sites for hydroxylation is 1. The lowest BCUT2D eigenvalue weighted by Gasteiger charge is -2.55. The van der Waals surface area contributed by atoms with Crippen molar-refractivity contribution in [3.05, 3.63) is 29.8 Å². The molecule has 1 aromatic heterocycles. The molecule has 2 unspecified atom stereocenters. The molecule has 5 rings (SSSR count). The number of benzene rings is 1. The molecule has 1 amide bonds. The number of rotatable bonds is 1. The van der Waals surface area contributed by atoms with Crippen LogP contribution >= 0.6 is 0 Å². The zero-order valence-corrected chi connectivity index (χ0v) is 17.0. The van der Waals surface area contributed by atoms with Gasteiger partial charge in [0.2, 0.25) is 11.9 Å². The first-order valence-corrected chi connectivity index (χ1v) is 11.0. The van der Waals surface area contributed by atoms with Crippen molar-refractivity contribution in [1.29, 1.82) is 0 Å². The molecule has 0 N–H and O–H groups in total. The molecule has 0 saturated heterocycles. The quantitative estimate of drug-likeness (QED) is 0.713. The number of fused-ring (bicyclic) bond motifs is 4. The van der Waals surface area contributed by atoms with Crippen LogP contribution in [0, 0.1) is 12.8 Å². The summed E-state index contributed by atoms with van der Waals surface area (Å²) in [4.78, 5) is 19.7. The topological polar surface area (TPSA) is 51.0 Å². The smallest absolute Gasteiger partial charge is 0.231 e. The Hall–Kier alpha value is -2.17. The summed E-state index contributed by atoms with van der Waals surface area (Å²) in [5.41, 5.74) is 2.29. The fourth-order valence-electron chi connectivity index (χ4n) is 6.17. The maximum absolute atomic E-state index is 12.7. The molecule has 2 fully saturated rings. The summed E-state index contributed by atoms with van der Waals surface area (Å²) >= 11 is 0. The Morgan fingerprint density at radius 2 is 1.82 bits per heavy atom. The standard InChI is InChI=1S/C23H30N4O/c1-16-10-4-5-11-18(16)21-24-22-26(17(2)28)20-13-7-6-12-19(20)23(27(22)25-21)14-8-3-9-15-23/h4-5,10-11,19-20H,3,6-9,12-15H2,1-2H3. The van der Waals surface area contributed by atoms with Gasteiger partial charge in [-0.1, -0.05) is 56.4 Å². The van der Waals surface area contributed by atoms with Crippen LogP contribution < -0.4 is 4.90 Å². The molecule has 2 saturated carbocycles. The van der Waals surface area contributed by atoms with Crippen molar-refractivity contribution in [3.8, 4) is 11.4 Å². The molecular weight excluding hydrogens is 348 g/mol. The molecular formula is C23H30N4O. The van der Waals surface area contributed by atoms with Crippen molar-refractivity contribution in [1.82, 2.24) is 14.8 Å². The fourth-order valence-corrected chi connectivity index (χ4v) is 6.17. The van der Waals surface area contributed by atoms with E-state index in [-0.39, 0.29) is 17.5 Å². The SMILES string of the molecule is CC(=O)N1c2nc(-c3ccccc3C)nn2C2(CCCCC2)C2CCCCC21. The summed E-state index contributed by atoms with van der Waals surface area (Å²) in [6, 6.07) is 8.57. The molecule has 5 heteroatoms. The van der Waals surface area contributed by atoms with Crippen LogP contribution in [0.5, 0.6) is 0 Å². The minimum absolute atomic E-state index is 0.0402. The lowest BCUT2D eigenvalue weighted by Crippen LogP contribution is -2.61. The Morgan fingerprint density at radius 1 is 1.07 bits per heavy atom. The first-order valence-electron chi connectivity index (χ1n) is 11.0. The van der Waals surface area contributed by atoms with Gasteiger partial charge in [-0.3, -0.25) is 9.69 Å². The van der Waals surface area contributed by atoms with Crippen molar-refractivity contribution in [2.45, 2.75) is 83.2 Å². The number of anilines is 1. The van der Waals surface area contributed by atoms with Gasteiger partial charge >= 0.3 is 0 Å². The molecule has 148 valence electrons. The van der Waals surface area contributed by atoms with E-state index in [0.29, 0.717) is 5.92 Å². The Morgan fingerprint density at radius 3 is 2.57 bits per heavy atom. The van der Waals surface area contributed by atoms with E-state index >= 15 is 0 Å². The van der Waals surface area contributed by atoms with Gasteiger partial charge in [0.15, 0.2) is 5.82 Å². The molecule has 1 aromatic carbocycles. The van der Waals surface area contributed by atoms with E-state index < -0.39 is 0 Å². The lowest BCUT2D eigenvalue weighted by atomic mass is 9.64. The van der Waals surface area contributed by atoms with Crippen LogP contribution in [-0.2, 0) is 10.3 Å². The molecule has 0 radical (unpaired) electrons. The maximum Gasteiger partial charge on any atom is 0.231 e. The van der Waals surface area contributed by atoms with Crippen LogP contribution in [0.15, 0.2) is 24.3 Å². The Balaban J connectivity index is 1.72. The predicted octanol–water partition coefficient (Wildman–Crippen LogP) is 4.84. The van der Waals surface area contributed by atoms with Crippen LogP contribution in [0.4, 0.5) is 5.95 Å². The molecule has 2 aromatic rings. The monoisotopic (exact) mass is 378 g/mol. The van der Waals surface area contributed by atoms with Crippen molar-refractivity contribution in [3.63, 3.8) is 0 Å². The molecule has 2 aliphatic carbocycles. The van der Waals surface area contributed by atoms with E-state index in [9.17, 15) is 4.79 Å². The fraction of sp³-hybridized carbons (Fsp3) is 0.609. The van der Waals surface area contributed by atoms with Gasteiger partial charge in [-0.2, -0.15) is 4.98 Å². The zero-order valence-electron chi connectivity index (χ0n) is 17.0. The van der Waals surface area contributed by atoms with Gasteiger partial charge in [0.1, 0.15) is 0 Å². The minimum Gasteiger partial charge on any atom is -0.278 e. The van der Waals surface area contributed by atoms with Gasteiger partial charge in [0, 0.05) is 24.4 Å². The van der Waals surface area contributed by atoms with Gasteiger partial charge in [0.05, 0.1) is 5.54 Å². The highest BCUT2D eigenvalue weighted by Gasteiger charge is 2.54. The van der Waals surface area contributed by atoms with Gasteiger partial charge in [-0.05, 0) is 38.2 Å². The average Bonchev–Trinajstić information content (AvgIpc) is 3.15. The van der Waals surface area contributed by atoms with Gasteiger partial charge in [-0.25, -0.2) is 4.68 Å². The largest absolute Gasteiger partial charge is 0.278 e. The van der Waals surface area contributed by atoms with Crippen LogP contribution in [0.3, 0.4) is 0 Å². The first kappa shape index (κ1) is 17.9.